The maximum atomic E-state index is 6.31. The number of alkyl halides is 1. The Kier molecular flexibility index (Phi) is 4.71. The molecule has 0 unspecified atom stereocenters. The van der Waals surface area contributed by atoms with E-state index in [1.807, 2.05) is 12.1 Å². The van der Waals surface area contributed by atoms with E-state index < -0.39 is 0 Å². The molecule has 110 valence electrons. The highest BCUT2D eigenvalue weighted by atomic mass is 79.9. The van der Waals surface area contributed by atoms with Crippen LogP contribution < -0.4 is 9.80 Å². The van der Waals surface area contributed by atoms with Gasteiger partial charge in [0.25, 0.3) is 0 Å². The molecule has 21 heavy (non-hydrogen) atoms. The summed E-state index contributed by atoms with van der Waals surface area (Å²) >= 11 is 9.86. The van der Waals surface area contributed by atoms with Crippen LogP contribution in [0.15, 0.2) is 48.5 Å². The van der Waals surface area contributed by atoms with Gasteiger partial charge in [0.15, 0.2) is 0 Å². The number of halogens is 2. The predicted octanol–water partition coefficient (Wildman–Crippen LogP) is 4.56. The first kappa shape index (κ1) is 14.7. The smallest absolute Gasteiger partial charge is 0.0467 e. The average Bonchev–Trinajstić information content (AvgIpc) is 2.55. The maximum Gasteiger partial charge on any atom is 0.0467 e. The van der Waals surface area contributed by atoms with Crippen molar-refractivity contribution in [1.29, 1.82) is 0 Å². The van der Waals surface area contributed by atoms with E-state index >= 15 is 0 Å². The Morgan fingerprint density at radius 2 is 1.52 bits per heavy atom. The van der Waals surface area contributed by atoms with Gasteiger partial charge in [-0.2, -0.15) is 0 Å². The van der Waals surface area contributed by atoms with Gasteiger partial charge < -0.3 is 9.80 Å². The van der Waals surface area contributed by atoms with E-state index in [0.717, 1.165) is 36.5 Å². The molecule has 2 nitrogen and oxygen atoms in total. The highest BCUT2D eigenvalue weighted by Gasteiger charge is 2.19. The number of para-hydroxylation sites is 1. The summed E-state index contributed by atoms with van der Waals surface area (Å²) in [7, 11) is 0. The molecule has 1 fully saturated rings. The molecule has 0 N–H and O–H groups in total. The van der Waals surface area contributed by atoms with Gasteiger partial charge in [-0.3, -0.25) is 0 Å². The molecular formula is C17H18BrClN2. The summed E-state index contributed by atoms with van der Waals surface area (Å²) in [5.41, 5.74) is 3.75. The Hall–Kier alpha value is -1.19. The summed E-state index contributed by atoms with van der Waals surface area (Å²) in [5, 5.41) is 1.64. The van der Waals surface area contributed by atoms with E-state index in [1.165, 1.54) is 16.9 Å². The number of hydrogen-bond acceptors (Lipinski definition) is 2. The van der Waals surface area contributed by atoms with Crippen LogP contribution in [0, 0.1) is 0 Å². The van der Waals surface area contributed by atoms with E-state index in [2.05, 4.69) is 62.1 Å². The van der Waals surface area contributed by atoms with Crippen molar-refractivity contribution in [1.82, 2.24) is 0 Å². The third-order valence-corrected chi connectivity index (χ3v) is 4.88. The summed E-state index contributed by atoms with van der Waals surface area (Å²) in [6.07, 6.45) is 0. The van der Waals surface area contributed by atoms with Gasteiger partial charge in [0.1, 0.15) is 0 Å². The van der Waals surface area contributed by atoms with Gasteiger partial charge >= 0.3 is 0 Å². The molecule has 0 radical (unpaired) electrons. The highest BCUT2D eigenvalue weighted by Crippen LogP contribution is 2.30. The first-order valence-electron chi connectivity index (χ1n) is 7.18. The van der Waals surface area contributed by atoms with Crippen LogP contribution in [0.2, 0.25) is 5.02 Å². The van der Waals surface area contributed by atoms with Crippen molar-refractivity contribution >= 4 is 38.9 Å². The molecule has 0 aliphatic carbocycles. The van der Waals surface area contributed by atoms with Crippen molar-refractivity contribution in [2.24, 2.45) is 0 Å². The third kappa shape index (κ3) is 3.19. The van der Waals surface area contributed by atoms with Crippen molar-refractivity contribution in [3.8, 4) is 0 Å². The number of piperazine rings is 1. The maximum absolute atomic E-state index is 6.31. The van der Waals surface area contributed by atoms with Gasteiger partial charge in [0, 0.05) is 53.5 Å². The largest absolute Gasteiger partial charge is 0.368 e. The minimum absolute atomic E-state index is 0.793. The number of hydrogen-bond donors (Lipinski definition) is 0. The standard InChI is InChI=1S/C17H18BrClN2/c18-13-15-16(19)7-4-8-17(15)21-11-9-20(10-12-21)14-5-2-1-3-6-14/h1-8H,9-13H2. The second kappa shape index (κ2) is 6.71. The fourth-order valence-electron chi connectivity index (χ4n) is 2.82. The van der Waals surface area contributed by atoms with E-state index in [1.54, 1.807) is 0 Å². The Labute approximate surface area is 139 Å². The molecule has 0 saturated carbocycles. The van der Waals surface area contributed by atoms with Crippen LogP contribution in [-0.4, -0.2) is 26.2 Å². The lowest BCUT2D eigenvalue weighted by atomic mass is 10.1. The molecule has 0 atom stereocenters. The zero-order valence-electron chi connectivity index (χ0n) is 11.8. The molecule has 2 aromatic carbocycles. The first-order valence-corrected chi connectivity index (χ1v) is 8.68. The fraction of sp³-hybridized carbons (Fsp3) is 0.294. The van der Waals surface area contributed by atoms with Crippen molar-refractivity contribution in [2.75, 3.05) is 36.0 Å². The predicted molar refractivity (Wildman–Crippen MR) is 95.0 cm³/mol. The summed E-state index contributed by atoms with van der Waals surface area (Å²) in [6.45, 7) is 4.13. The molecule has 0 aromatic heterocycles. The second-order valence-corrected chi connectivity index (χ2v) is 6.15. The van der Waals surface area contributed by atoms with Gasteiger partial charge in [-0.25, -0.2) is 0 Å². The van der Waals surface area contributed by atoms with Crippen LogP contribution in [-0.2, 0) is 5.33 Å². The lowest BCUT2D eigenvalue weighted by molar-refractivity contribution is 0.652. The molecule has 0 bridgehead atoms. The average molecular weight is 366 g/mol. The Morgan fingerprint density at radius 3 is 2.19 bits per heavy atom. The first-order chi connectivity index (χ1) is 10.3. The monoisotopic (exact) mass is 364 g/mol. The Morgan fingerprint density at radius 1 is 0.857 bits per heavy atom. The Balaban J connectivity index is 1.73. The molecule has 4 heteroatoms. The highest BCUT2D eigenvalue weighted by molar-refractivity contribution is 9.08. The van der Waals surface area contributed by atoms with Crippen molar-refractivity contribution in [3.63, 3.8) is 0 Å². The van der Waals surface area contributed by atoms with Crippen LogP contribution in [0.5, 0.6) is 0 Å². The Bertz CT molecular complexity index is 595. The molecular weight excluding hydrogens is 348 g/mol. The second-order valence-electron chi connectivity index (χ2n) is 5.18. The van der Waals surface area contributed by atoms with Gasteiger partial charge in [0.05, 0.1) is 0 Å². The molecule has 3 rings (SSSR count). The summed E-state index contributed by atoms with van der Waals surface area (Å²) < 4.78 is 0. The quantitative estimate of drug-likeness (QED) is 0.736. The molecule has 1 saturated heterocycles. The summed E-state index contributed by atoms with van der Waals surface area (Å²) in [5.74, 6) is 0. The van der Waals surface area contributed by atoms with Gasteiger partial charge in [-0.15, -0.1) is 0 Å². The number of nitrogens with zero attached hydrogens (tertiary/aromatic N) is 2. The third-order valence-electron chi connectivity index (χ3n) is 3.97. The zero-order valence-corrected chi connectivity index (χ0v) is 14.1. The topological polar surface area (TPSA) is 6.48 Å². The number of benzene rings is 2. The van der Waals surface area contributed by atoms with Gasteiger partial charge in [0.2, 0.25) is 0 Å². The molecule has 2 aromatic rings. The van der Waals surface area contributed by atoms with E-state index in [0.29, 0.717) is 0 Å². The lowest BCUT2D eigenvalue weighted by Crippen LogP contribution is -2.46. The molecule has 0 spiro atoms. The molecule has 1 aliphatic heterocycles. The van der Waals surface area contributed by atoms with E-state index in [9.17, 15) is 0 Å². The molecule has 1 aliphatic rings. The van der Waals surface area contributed by atoms with Crippen LogP contribution in [0.4, 0.5) is 11.4 Å². The van der Waals surface area contributed by atoms with Crippen LogP contribution in [0.25, 0.3) is 0 Å². The van der Waals surface area contributed by atoms with Gasteiger partial charge in [-0.1, -0.05) is 51.8 Å². The van der Waals surface area contributed by atoms with Gasteiger partial charge in [-0.05, 0) is 24.3 Å². The van der Waals surface area contributed by atoms with Crippen molar-refractivity contribution in [2.45, 2.75) is 5.33 Å². The lowest BCUT2D eigenvalue weighted by Gasteiger charge is -2.38. The summed E-state index contributed by atoms with van der Waals surface area (Å²) in [6, 6.07) is 16.8. The SMILES string of the molecule is Clc1cccc(N2CCN(c3ccccc3)CC2)c1CBr. The fourth-order valence-corrected chi connectivity index (χ4v) is 3.81. The van der Waals surface area contributed by atoms with Crippen LogP contribution >= 0.6 is 27.5 Å². The van der Waals surface area contributed by atoms with Crippen LogP contribution in [0.3, 0.4) is 0 Å². The minimum Gasteiger partial charge on any atom is -0.368 e. The molecule has 1 heterocycles. The number of anilines is 2. The minimum atomic E-state index is 0.793. The number of rotatable bonds is 3. The van der Waals surface area contributed by atoms with Crippen LogP contribution in [0.1, 0.15) is 5.56 Å². The van der Waals surface area contributed by atoms with Crippen molar-refractivity contribution in [3.05, 3.63) is 59.1 Å². The van der Waals surface area contributed by atoms with Crippen molar-refractivity contribution < 1.29 is 0 Å². The zero-order chi connectivity index (χ0) is 14.7. The van der Waals surface area contributed by atoms with E-state index in [-0.39, 0.29) is 0 Å². The normalized spacial score (nSPS) is 15.3. The summed E-state index contributed by atoms with van der Waals surface area (Å²) in [4.78, 5) is 4.87. The van der Waals surface area contributed by atoms with E-state index in [4.69, 9.17) is 11.6 Å². The molecule has 0 amide bonds.